The second-order valence-electron chi connectivity index (χ2n) is 16.4. The van der Waals surface area contributed by atoms with Crippen LogP contribution in [0.5, 0.6) is 0 Å². The van der Waals surface area contributed by atoms with E-state index in [9.17, 15) is 20.4 Å². The lowest BCUT2D eigenvalue weighted by Crippen LogP contribution is -2.50. The van der Waals surface area contributed by atoms with Crippen molar-refractivity contribution in [2.45, 2.75) is 130 Å². The number of fused-ring (bicyclic) bond motifs is 1. The molecule has 0 amide bonds. The average molecular weight is 625 g/mol. The minimum atomic E-state index is -0.889. The molecule has 0 aromatic heterocycles. The summed E-state index contributed by atoms with van der Waals surface area (Å²) in [4.78, 5) is 0. The number of aliphatic hydroxyl groups is 4. The van der Waals surface area contributed by atoms with Gasteiger partial charge in [-0.25, -0.2) is 0 Å². The van der Waals surface area contributed by atoms with Crippen molar-refractivity contribution in [2.24, 2.45) is 40.4 Å². The summed E-state index contributed by atoms with van der Waals surface area (Å²) in [6.07, 6.45) is 29.6. The normalized spacial score (nSPS) is 37.7. The summed E-state index contributed by atoms with van der Waals surface area (Å²) in [6.45, 7) is 19.2. The van der Waals surface area contributed by atoms with Gasteiger partial charge in [-0.05, 0) is 62.7 Å². The third-order valence-electron chi connectivity index (χ3n) is 10.7. The van der Waals surface area contributed by atoms with Gasteiger partial charge in [-0.3, -0.25) is 0 Å². The number of aliphatic hydroxyl groups excluding tert-OH is 3. The van der Waals surface area contributed by atoms with Gasteiger partial charge < -0.3 is 25.2 Å². The van der Waals surface area contributed by atoms with Gasteiger partial charge in [-0.2, -0.15) is 0 Å². The maximum atomic E-state index is 10.9. The minimum absolute atomic E-state index is 0.0267. The summed E-state index contributed by atoms with van der Waals surface area (Å²) in [7, 11) is 0. The second kappa shape index (κ2) is 15.0. The van der Waals surface area contributed by atoms with E-state index >= 15 is 0 Å². The van der Waals surface area contributed by atoms with E-state index in [1.54, 1.807) is 0 Å². The number of allylic oxidation sites excluding steroid dienone is 8. The topological polar surface area (TPSA) is 93.5 Å². The van der Waals surface area contributed by atoms with Crippen LogP contribution in [0.2, 0.25) is 0 Å². The molecular weight excluding hydrogens is 560 g/mol. The summed E-state index contributed by atoms with van der Waals surface area (Å²) < 4.78 is 6.24. The molecule has 3 aliphatic rings. The molecule has 5 unspecified atom stereocenters. The molecule has 0 spiro atoms. The maximum absolute atomic E-state index is 10.9. The first-order chi connectivity index (χ1) is 20.9. The minimum Gasteiger partial charge on any atom is -0.395 e. The van der Waals surface area contributed by atoms with Gasteiger partial charge in [0.05, 0.1) is 24.4 Å². The first kappa shape index (κ1) is 37.7. The predicted octanol–water partition coefficient (Wildman–Crippen LogP) is 7.88. The van der Waals surface area contributed by atoms with Crippen molar-refractivity contribution in [3.63, 3.8) is 0 Å². The molecule has 1 saturated heterocycles. The molecule has 45 heavy (non-hydrogen) atoms. The van der Waals surface area contributed by atoms with E-state index in [0.717, 1.165) is 19.3 Å². The Hall–Kier alpha value is -1.76. The second-order valence-corrected chi connectivity index (χ2v) is 16.4. The van der Waals surface area contributed by atoms with Gasteiger partial charge in [-0.1, -0.05) is 121 Å². The standard InChI is InChI=1S/C40H64O5/c1-29(16-12-17-31(3)20-21-35-36(4,5)24-33(42)26-38(35,8)44)14-10-11-15-30(2)18-13-19-32(28-41)22-23-40-37(6,7)25-34(43)27-39(40,9)45-40/h10-16,19-23,29-35,41-44H,17-18,24-28H2,1-9H3/b14-10+,15-11+,16-12+,19-13+,21-20?,23-22+/t29?,30?,31?,32?,33-,34-,35?,38+,39+,40-/m0/s1. The van der Waals surface area contributed by atoms with Gasteiger partial charge in [0, 0.05) is 30.1 Å². The number of rotatable bonds is 14. The highest BCUT2D eigenvalue weighted by Crippen LogP contribution is 2.66. The maximum Gasteiger partial charge on any atom is 0.121 e. The van der Waals surface area contributed by atoms with E-state index < -0.39 is 11.7 Å². The third-order valence-corrected chi connectivity index (χ3v) is 10.7. The summed E-state index contributed by atoms with van der Waals surface area (Å²) in [5.41, 5.74) is -1.88. The molecule has 3 fully saturated rings. The summed E-state index contributed by atoms with van der Waals surface area (Å²) in [5.74, 6) is 1.07. The Morgan fingerprint density at radius 3 is 1.96 bits per heavy atom. The van der Waals surface area contributed by atoms with Crippen LogP contribution < -0.4 is 0 Å². The molecule has 1 aliphatic heterocycles. The Morgan fingerprint density at radius 2 is 1.33 bits per heavy atom. The van der Waals surface area contributed by atoms with Crippen molar-refractivity contribution >= 4 is 0 Å². The summed E-state index contributed by atoms with van der Waals surface area (Å²) in [6, 6.07) is 0. The van der Waals surface area contributed by atoms with Crippen LogP contribution in [0.3, 0.4) is 0 Å². The van der Waals surface area contributed by atoms with Gasteiger partial charge in [0.25, 0.3) is 0 Å². The van der Waals surface area contributed by atoms with Gasteiger partial charge in [0.2, 0.25) is 0 Å². The smallest absolute Gasteiger partial charge is 0.121 e. The van der Waals surface area contributed by atoms with Crippen LogP contribution in [0, 0.1) is 40.4 Å². The van der Waals surface area contributed by atoms with Crippen LogP contribution in [0.4, 0.5) is 0 Å². The fourth-order valence-corrected chi connectivity index (χ4v) is 8.23. The monoisotopic (exact) mass is 624 g/mol. The predicted molar refractivity (Wildman–Crippen MR) is 187 cm³/mol. The molecule has 5 nitrogen and oxygen atoms in total. The lowest BCUT2D eigenvalue weighted by Gasteiger charge is -2.48. The van der Waals surface area contributed by atoms with E-state index in [1.807, 2.05) is 6.92 Å². The van der Waals surface area contributed by atoms with Gasteiger partial charge in [0.15, 0.2) is 0 Å². The summed E-state index contributed by atoms with van der Waals surface area (Å²) in [5, 5.41) is 41.4. The van der Waals surface area contributed by atoms with Crippen molar-refractivity contribution < 1.29 is 25.2 Å². The van der Waals surface area contributed by atoms with Crippen molar-refractivity contribution in [1.82, 2.24) is 0 Å². The third kappa shape index (κ3) is 9.64. The molecule has 0 radical (unpaired) electrons. The van der Waals surface area contributed by atoms with Crippen LogP contribution in [0.15, 0.2) is 72.9 Å². The van der Waals surface area contributed by atoms with Crippen LogP contribution in [0.1, 0.15) is 101 Å². The molecule has 254 valence electrons. The molecule has 0 bridgehead atoms. The SMILES string of the molecule is CC(/C=C/C=C/C(C)C/C=C/C(/C=C/[C@@]12O[C@]1(C)C[C@@H](O)CC2(C)C)CO)/C=C/CC(C)C=CC1C(C)(C)C[C@H](O)C[C@@]1(C)O. The Balaban J connectivity index is 1.40. The molecule has 0 aromatic rings. The van der Waals surface area contributed by atoms with E-state index in [-0.39, 0.29) is 46.6 Å². The molecule has 0 aromatic carbocycles. The molecule has 2 aliphatic carbocycles. The fourth-order valence-electron chi connectivity index (χ4n) is 8.23. The van der Waals surface area contributed by atoms with E-state index in [1.165, 1.54) is 0 Å². The number of hydrogen-bond donors (Lipinski definition) is 4. The van der Waals surface area contributed by atoms with Gasteiger partial charge >= 0.3 is 0 Å². The molecule has 10 atom stereocenters. The van der Waals surface area contributed by atoms with Crippen molar-refractivity contribution in [1.29, 1.82) is 0 Å². The summed E-state index contributed by atoms with van der Waals surface area (Å²) >= 11 is 0. The van der Waals surface area contributed by atoms with Crippen LogP contribution in [-0.2, 0) is 4.74 Å². The fraction of sp³-hybridized carbons (Fsp3) is 0.700. The highest BCUT2D eigenvalue weighted by Gasteiger charge is 2.74. The van der Waals surface area contributed by atoms with Crippen molar-refractivity contribution in [2.75, 3.05) is 6.61 Å². The first-order valence-corrected chi connectivity index (χ1v) is 17.3. The first-order valence-electron chi connectivity index (χ1n) is 17.3. The lowest BCUT2D eigenvalue weighted by atomic mass is 9.61. The van der Waals surface area contributed by atoms with Crippen molar-refractivity contribution in [3.05, 3.63) is 72.9 Å². The Labute approximate surface area is 274 Å². The molecule has 2 saturated carbocycles. The molecular formula is C40H64O5. The number of epoxide rings is 1. The van der Waals surface area contributed by atoms with Crippen molar-refractivity contribution in [3.8, 4) is 0 Å². The molecule has 4 N–H and O–H groups in total. The number of ether oxygens (including phenoxy) is 1. The van der Waals surface area contributed by atoms with E-state index in [2.05, 4.69) is 128 Å². The molecule has 5 heteroatoms. The van der Waals surface area contributed by atoms with Gasteiger partial charge in [-0.15, -0.1) is 0 Å². The zero-order chi connectivity index (χ0) is 33.7. The highest BCUT2D eigenvalue weighted by atomic mass is 16.6. The molecule has 3 rings (SSSR count). The van der Waals surface area contributed by atoms with Gasteiger partial charge in [0.1, 0.15) is 11.2 Å². The zero-order valence-corrected chi connectivity index (χ0v) is 29.6. The quantitative estimate of drug-likeness (QED) is 0.0897. The zero-order valence-electron chi connectivity index (χ0n) is 29.6. The molecule has 1 heterocycles. The van der Waals surface area contributed by atoms with E-state index in [0.29, 0.717) is 37.0 Å². The van der Waals surface area contributed by atoms with Crippen LogP contribution in [-0.4, -0.2) is 56.0 Å². The Kier molecular flexibility index (Phi) is 12.6. The lowest BCUT2D eigenvalue weighted by molar-refractivity contribution is -0.111. The Bertz CT molecular complexity index is 1120. The largest absolute Gasteiger partial charge is 0.395 e. The highest BCUT2D eigenvalue weighted by molar-refractivity contribution is 5.32. The van der Waals surface area contributed by atoms with Crippen LogP contribution in [0.25, 0.3) is 0 Å². The number of hydrogen-bond acceptors (Lipinski definition) is 5. The van der Waals surface area contributed by atoms with E-state index in [4.69, 9.17) is 4.74 Å². The Morgan fingerprint density at radius 1 is 0.733 bits per heavy atom. The average Bonchev–Trinajstić information content (AvgIpc) is 3.52. The van der Waals surface area contributed by atoms with Crippen LogP contribution >= 0.6 is 0 Å².